The van der Waals surface area contributed by atoms with Crippen LogP contribution in [0.25, 0.3) is 0 Å². The van der Waals surface area contributed by atoms with Gasteiger partial charge in [0.05, 0.1) is 6.04 Å². The van der Waals surface area contributed by atoms with Gasteiger partial charge in [0.15, 0.2) is 11.0 Å². The minimum Gasteiger partial charge on any atom is -0.440 e. The summed E-state index contributed by atoms with van der Waals surface area (Å²) in [4.78, 5) is 11.9. The molecule has 0 unspecified atom stereocenters. The predicted molar refractivity (Wildman–Crippen MR) is 73.7 cm³/mol. The third-order valence-corrected chi connectivity index (χ3v) is 3.19. The summed E-state index contributed by atoms with van der Waals surface area (Å²) in [7, 11) is 0. The van der Waals surface area contributed by atoms with Gasteiger partial charge in [0, 0.05) is 4.47 Å². The average Bonchev–Trinajstić information content (AvgIpc) is 2.76. The smallest absolute Gasteiger partial charge is 0.287 e. The van der Waals surface area contributed by atoms with Crippen LogP contribution in [0.2, 0.25) is 5.22 Å². The second-order valence-electron chi connectivity index (χ2n) is 3.85. The molecule has 1 aromatic carbocycles. The molecule has 94 valence electrons. The Morgan fingerprint density at radius 1 is 1.39 bits per heavy atom. The quantitative estimate of drug-likeness (QED) is 0.918. The number of amides is 1. The van der Waals surface area contributed by atoms with E-state index in [1.807, 2.05) is 31.2 Å². The van der Waals surface area contributed by atoms with Gasteiger partial charge >= 0.3 is 0 Å². The van der Waals surface area contributed by atoms with Crippen LogP contribution in [0.4, 0.5) is 0 Å². The fourth-order valence-electron chi connectivity index (χ4n) is 1.56. The van der Waals surface area contributed by atoms with Crippen LogP contribution in [0.5, 0.6) is 0 Å². The lowest BCUT2D eigenvalue weighted by molar-refractivity contribution is 0.0912. The first kappa shape index (κ1) is 13.2. The van der Waals surface area contributed by atoms with E-state index in [-0.39, 0.29) is 22.9 Å². The van der Waals surface area contributed by atoms with Crippen LogP contribution in [0, 0.1) is 0 Å². The molecule has 0 bridgehead atoms. The molecule has 2 aromatic rings. The van der Waals surface area contributed by atoms with Crippen LogP contribution in [0.3, 0.4) is 0 Å². The van der Waals surface area contributed by atoms with Gasteiger partial charge in [0.25, 0.3) is 5.91 Å². The maximum absolute atomic E-state index is 11.9. The SMILES string of the molecule is C[C@@H](NC(=O)c1ccc(Cl)o1)c1cccc(Br)c1. The lowest BCUT2D eigenvalue weighted by atomic mass is 10.1. The largest absolute Gasteiger partial charge is 0.440 e. The third-order valence-electron chi connectivity index (χ3n) is 2.49. The molecule has 0 aliphatic rings. The van der Waals surface area contributed by atoms with E-state index >= 15 is 0 Å². The first-order chi connectivity index (χ1) is 8.56. The molecule has 18 heavy (non-hydrogen) atoms. The van der Waals surface area contributed by atoms with Crippen LogP contribution in [-0.4, -0.2) is 5.91 Å². The summed E-state index contributed by atoms with van der Waals surface area (Å²) >= 11 is 9.02. The Hall–Kier alpha value is -1.26. The van der Waals surface area contributed by atoms with Crippen molar-refractivity contribution in [1.82, 2.24) is 5.32 Å². The van der Waals surface area contributed by atoms with Gasteiger partial charge in [0.2, 0.25) is 0 Å². The highest BCUT2D eigenvalue weighted by atomic mass is 79.9. The normalized spacial score (nSPS) is 12.2. The molecule has 0 aliphatic carbocycles. The highest BCUT2D eigenvalue weighted by molar-refractivity contribution is 9.10. The van der Waals surface area contributed by atoms with Crippen molar-refractivity contribution in [2.75, 3.05) is 0 Å². The number of halogens is 2. The Labute approximate surface area is 118 Å². The van der Waals surface area contributed by atoms with E-state index in [0.29, 0.717) is 0 Å². The minimum atomic E-state index is -0.283. The van der Waals surface area contributed by atoms with Gasteiger partial charge in [0.1, 0.15) is 0 Å². The van der Waals surface area contributed by atoms with E-state index < -0.39 is 0 Å². The summed E-state index contributed by atoms with van der Waals surface area (Å²) < 4.78 is 6.02. The van der Waals surface area contributed by atoms with Crippen molar-refractivity contribution >= 4 is 33.4 Å². The maximum atomic E-state index is 11.9. The second-order valence-corrected chi connectivity index (χ2v) is 5.14. The number of rotatable bonds is 3. The van der Waals surface area contributed by atoms with E-state index in [4.69, 9.17) is 16.0 Å². The van der Waals surface area contributed by atoms with E-state index in [2.05, 4.69) is 21.2 Å². The molecular weight excluding hydrogens is 318 g/mol. The monoisotopic (exact) mass is 327 g/mol. The number of hydrogen-bond acceptors (Lipinski definition) is 2. The Balaban J connectivity index is 2.07. The first-order valence-corrected chi connectivity index (χ1v) is 6.55. The zero-order valence-corrected chi connectivity index (χ0v) is 12.0. The standard InChI is InChI=1S/C13H11BrClNO2/c1-8(9-3-2-4-10(14)7-9)16-13(17)11-5-6-12(15)18-11/h2-8H,1H3,(H,16,17)/t8-/m1/s1. The number of nitrogens with one attached hydrogen (secondary N) is 1. The Morgan fingerprint density at radius 3 is 2.78 bits per heavy atom. The zero-order chi connectivity index (χ0) is 13.1. The summed E-state index contributed by atoms with van der Waals surface area (Å²) in [5.74, 6) is -0.0729. The second kappa shape index (κ2) is 5.59. The van der Waals surface area contributed by atoms with Gasteiger partial charge in [-0.05, 0) is 48.4 Å². The number of benzene rings is 1. The zero-order valence-electron chi connectivity index (χ0n) is 9.61. The molecule has 5 heteroatoms. The molecule has 1 heterocycles. The molecule has 1 N–H and O–H groups in total. The predicted octanol–water partition coefficient (Wildman–Crippen LogP) is 4.19. The van der Waals surface area contributed by atoms with Crippen molar-refractivity contribution in [3.63, 3.8) is 0 Å². The van der Waals surface area contributed by atoms with Crippen molar-refractivity contribution < 1.29 is 9.21 Å². The lowest BCUT2D eigenvalue weighted by Gasteiger charge is -2.13. The number of furan rings is 1. The van der Waals surface area contributed by atoms with Gasteiger partial charge in [-0.25, -0.2) is 0 Å². The molecule has 1 aromatic heterocycles. The van der Waals surface area contributed by atoms with Crippen molar-refractivity contribution in [3.05, 3.63) is 57.4 Å². The van der Waals surface area contributed by atoms with Gasteiger partial charge in [-0.15, -0.1) is 0 Å². The van der Waals surface area contributed by atoms with Crippen LogP contribution < -0.4 is 5.32 Å². The summed E-state index contributed by atoms with van der Waals surface area (Å²) in [6.45, 7) is 1.91. The van der Waals surface area contributed by atoms with Gasteiger partial charge in [-0.1, -0.05) is 28.1 Å². The Kier molecular flexibility index (Phi) is 4.09. The van der Waals surface area contributed by atoms with E-state index in [9.17, 15) is 4.79 Å². The highest BCUT2D eigenvalue weighted by Crippen LogP contribution is 2.19. The summed E-state index contributed by atoms with van der Waals surface area (Å²) in [6.07, 6.45) is 0. The van der Waals surface area contributed by atoms with Crippen molar-refractivity contribution in [1.29, 1.82) is 0 Å². The van der Waals surface area contributed by atoms with Crippen LogP contribution in [-0.2, 0) is 0 Å². The topological polar surface area (TPSA) is 42.2 Å². The number of carbonyl (C=O) groups excluding carboxylic acids is 1. The van der Waals surface area contributed by atoms with Crippen molar-refractivity contribution in [3.8, 4) is 0 Å². The van der Waals surface area contributed by atoms with Crippen molar-refractivity contribution in [2.24, 2.45) is 0 Å². The highest BCUT2D eigenvalue weighted by Gasteiger charge is 2.14. The fourth-order valence-corrected chi connectivity index (χ4v) is 2.13. The van der Waals surface area contributed by atoms with Gasteiger partial charge < -0.3 is 9.73 Å². The molecule has 1 amide bonds. The maximum Gasteiger partial charge on any atom is 0.287 e. The Bertz CT molecular complexity index is 568. The van der Waals surface area contributed by atoms with Gasteiger partial charge in [-0.2, -0.15) is 0 Å². The molecule has 3 nitrogen and oxygen atoms in total. The summed E-state index contributed by atoms with van der Waals surface area (Å²) in [5.41, 5.74) is 1.01. The average molecular weight is 329 g/mol. The molecule has 0 radical (unpaired) electrons. The Morgan fingerprint density at radius 2 is 2.17 bits per heavy atom. The van der Waals surface area contributed by atoms with Crippen LogP contribution in [0.1, 0.15) is 29.1 Å². The first-order valence-electron chi connectivity index (χ1n) is 5.38. The van der Waals surface area contributed by atoms with Crippen molar-refractivity contribution in [2.45, 2.75) is 13.0 Å². The summed E-state index contributed by atoms with van der Waals surface area (Å²) in [5, 5.41) is 3.04. The molecule has 2 rings (SSSR count). The number of carbonyl (C=O) groups is 1. The van der Waals surface area contributed by atoms with Crippen LogP contribution in [0.15, 0.2) is 45.3 Å². The molecule has 0 fully saturated rings. The molecule has 0 saturated heterocycles. The molecule has 0 saturated carbocycles. The minimum absolute atomic E-state index is 0.112. The molecular formula is C13H11BrClNO2. The molecule has 1 atom stereocenters. The molecule has 0 spiro atoms. The van der Waals surface area contributed by atoms with Crippen LogP contribution >= 0.6 is 27.5 Å². The van der Waals surface area contributed by atoms with E-state index in [0.717, 1.165) is 10.0 Å². The van der Waals surface area contributed by atoms with E-state index in [1.54, 1.807) is 12.1 Å². The molecule has 0 aliphatic heterocycles. The summed E-state index contributed by atoms with van der Waals surface area (Å²) in [6, 6.07) is 10.7. The fraction of sp³-hybridized carbons (Fsp3) is 0.154. The lowest BCUT2D eigenvalue weighted by Crippen LogP contribution is -2.26. The third kappa shape index (κ3) is 3.15. The van der Waals surface area contributed by atoms with Gasteiger partial charge in [-0.3, -0.25) is 4.79 Å². The number of hydrogen-bond donors (Lipinski definition) is 1. The van der Waals surface area contributed by atoms with E-state index in [1.165, 1.54) is 0 Å².